The average Bonchev–Trinajstić information content (AvgIpc) is 3.13. The Morgan fingerprint density at radius 1 is 1.03 bits per heavy atom. The van der Waals surface area contributed by atoms with E-state index in [1.165, 1.54) is 18.0 Å². The van der Waals surface area contributed by atoms with Crippen LogP contribution in [0.4, 0.5) is 0 Å². The van der Waals surface area contributed by atoms with Crippen molar-refractivity contribution in [2.75, 3.05) is 6.26 Å². The summed E-state index contributed by atoms with van der Waals surface area (Å²) in [5.41, 5.74) is 1.12. The molecule has 6 nitrogen and oxygen atoms in total. The Kier molecular flexibility index (Phi) is 5.24. The lowest BCUT2D eigenvalue weighted by Crippen LogP contribution is -2.12. The minimum absolute atomic E-state index is 0.104. The second kappa shape index (κ2) is 7.70. The highest BCUT2D eigenvalue weighted by Crippen LogP contribution is 2.35. The summed E-state index contributed by atoms with van der Waals surface area (Å²) in [5, 5.41) is 0.342. The molecule has 0 aliphatic rings. The Balaban J connectivity index is 1.84. The molecule has 2 aromatic heterocycles. The molecule has 0 amide bonds. The van der Waals surface area contributed by atoms with Gasteiger partial charge in [0, 0.05) is 11.1 Å². The predicted molar refractivity (Wildman–Crippen MR) is 115 cm³/mol. The highest BCUT2D eigenvalue weighted by atomic mass is 35.5. The molecule has 29 heavy (non-hydrogen) atoms. The topological polar surface area (TPSA) is 74.1 Å². The summed E-state index contributed by atoms with van der Waals surface area (Å²) in [4.78, 5) is 9.39. The minimum atomic E-state index is -3.85. The first-order chi connectivity index (χ1) is 13.9. The summed E-state index contributed by atoms with van der Waals surface area (Å²) in [6, 6.07) is 15.7. The summed E-state index contributed by atoms with van der Waals surface area (Å²) in [6.07, 6.45) is 3.37. The van der Waals surface area contributed by atoms with Crippen LogP contribution in [0.15, 0.2) is 70.6 Å². The van der Waals surface area contributed by atoms with Gasteiger partial charge in [-0.3, -0.25) is 0 Å². The third-order valence-corrected chi connectivity index (χ3v) is 6.93. The number of ether oxygens (including phenoxy) is 1. The van der Waals surface area contributed by atoms with E-state index in [0.717, 1.165) is 14.4 Å². The van der Waals surface area contributed by atoms with E-state index in [4.69, 9.17) is 16.3 Å². The van der Waals surface area contributed by atoms with Gasteiger partial charge in [0.15, 0.2) is 5.65 Å². The van der Waals surface area contributed by atoms with Gasteiger partial charge in [-0.05, 0) is 55.1 Å². The van der Waals surface area contributed by atoms with Crippen LogP contribution in [0.1, 0.15) is 5.56 Å². The number of benzene rings is 2. The van der Waals surface area contributed by atoms with Gasteiger partial charge in [0.2, 0.25) is 11.2 Å². The zero-order valence-electron chi connectivity index (χ0n) is 15.5. The van der Waals surface area contributed by atoms with Gasteiger partial charge in [0.05, 0.1) is 10.3 Å². The molecule has 0 radical (unpaired) electrons. The Morgan fingerprint density at radius 2 is 1.76 bits per heavy atom. The van der Waals surface area contributed by atoms with Crippen LogP contribution in [0.2, 0.25) is 5.28 Å². The molecule has 0 bridgehead atoms. The second-order valence-corrected chi connectivity index (χ2v) is 9.22. The molecule has 2 heterocycles. The van der Waals surface area contributed by atoms with Crippen LogP contribution in [0, 0.1) is 6.92 Å². The highest BCUT2D eigenvalue weighted by Gasteiger charge is 2.22. The van der Waals surface area contributed by atoms with Crippen LogP contribution in [-0.4, -0.2) is 28.6 Å². The lowest BCUT2D eigenvalue weighted by atomic mass is 10.2. The molecular formula is C20H16ClN3O3S2. The van der Waals surface area contributed by atoms with Crippen molar-refractivity contribution >= 4 is 44.4 Å². The molecule has 4 aromatic rings. The fourth-order valence-corrected chi connectivity index (χ4v) is 4.82. The van der Waals surface area contributed by atoms with Crippen LogP contribution in [0.5, 0.6) is 11.6 Å². The van der Waals surface area contributed by atoms with Crippen molar-refractivity contribution in [1.82, 2.24) is 13.9 Å². The van der Waals surface area contributed by atoms with E-state index in [0.29, 0.717) is 11.1 Å². The van der Waals surface area contributed by atoms with Crippen LogP contribution in [0.3, 0.4) is 0 Å². The van der Waals surface area contributed by atoms with Crippen molar-refractivity contribution in [2.45, 2.75) is 16.7 Å². The van der Waals surface area contributed by atoms with E-state index in [-0.39, 0.29) is 21.7 Å². The van der Waals surface area contributed by atoms with E-state index >= 15 is 0 Å². The minimum Gasteiger partial charge on any atom is -0.437 e. The molecule has 0 fully saturated rings. The maximum Gasteiger partial charge on any atom is 0.269 e. The van der Waals surface area contributed by atoms with Gasteiger partial charge < -0.3 is 4.74 Å². The maximum atomic E-state index is 13.1. The molecule has 0 atom stereocenters. The Bertz CT molecular complexity index is 1300. The zero-order valence-corrected chi connectivity index (χ0v) is 17.9. The quantitative estimate of drug-likeness (QED) is 0.312. The monoisotopic (exact) mass is 445 g/mol. The third-order valence-electron chi connectivity index (χ3n) is 4.30. The van der Waals surface area contributed by atoms with E-state index < -0.39 is 10.0 Å². The highest BCUT2D eigenvalue weighted by molar-refractivity contribution is 7.98. The van der Waals surface area contributed by atoms with Crippen molar-refractivity contribution in [3.05, 3.63) is 71.6 Å². The molecule has 0 saturated heterocycles. The zero-order chi connectivity index (χ0) is 20.6. The van der Waals surface area contributed by atoms with E-state index in [9.17, 15) is 8.42 Å². The molecule has 148 valence electrons. The van der Waals surface area contributed by atoms with Crippen molar-refractivity contribution in [2.24, 2.45) is 0 Å². The molecule has 9 heteroatoms. The van der Waals surface area contributed by atoms with Crippen LogP contribution in [-0.2, 0) is 10.0 Å². The Morgan fingerprint density at radius 3 is 2.48 bits per heavy atom. The van der Waals surface area contributed by atoms with Crippen molar-refractivity contribution in [1.29, 1.82) is 0 Å². The van der Waals surface area contributed by atoms with E-state index in [1.54, 1.807) is 30.3 Å². The first-order valence-electron chi connectivity index (χ1n) is 8.58. The van der Waals surface area contributed by atoms with Gasteiger partial charge in [-0.1, -0.05) is 29.8 Å². The maximum absolute atomic E-state index is 13.1. The molecular weight excluding hydrogens is 430 g/mol. The van der Waals surface area contributed by atoms with Crippen LogP contribution < -0.4 is 4.74 Å². The number of nitrogens with zero attached hydrogens (tertiary/aromatic N) is 3. The second-order valence-electron chi connectivity index (χ2n) is 6.22. The SMILES string of the molecule is CSc1ccccc1Oc1nc(Cl)nc2c1ccn2S(=O)(=O)c1ccc(C)cc1. The molecule has 0 aliphatic heterocycles. The van der Waals surface area contributed by atoms with Gasteiger partial charge in [-0.15, -0.1) is 11.8 Å². The number of thioether (sulfide) groups is 1. The van der Waals surface area contributed by atoms with Crippen LogP contribution in [0.25, 0.3) is 11.0 Å². The van der Waals surface area contributed by atoms with Gasteiger partial charge in [-0.2, -0.15) is 9.97 Å². The fourth-order valence-electron chi connectivity index (χ4n) is 2.84. The number of hydrogen-bond donors (Lipinski definition) is 0. The predicted octanol–water partition coefficient (Wildman–Crippen LogP) is 5.14. The number of para-hydroxylation sites is 1. The summed E-state index contributed by atoms with van der Waals surface area (Å²) in [6.45, 7) is 1.89. The molecule has 0 N–H and O–H groups in total. The van der Waals surface area contributed by atoms with Crippen LogP contribution >= 0.6 is 23.4 Å². The summed E-state index contributed by atoms with van der Waals surface area (Å²) < 4.78 is 33.3. The lowest BCUT2D eigenvalue weighted by Gasteiger charge is -2.11. The summed E-state index contributed by atoms with van der Waals surface area (Å²) in [7, 11) is -3.85. The fraction of sp³-hybridized carbons (Fsp3) is 0.100. The third kappa shape index (κ3) is 3.71. The van der Waals surface area contributed by atoms with Crippen molar-refractivity contribution in [3.8, 4) is 11.6 Å². The number of aryl methyl sites for hydroxylation is 1. The lowest BCUT2D eigenvalue weighted by molar-refractivity contribution is 0.457. The van der Waals surface area contributed by atoms with E-state index in [2.05, 4.69) is 9.97 Å². The first kappa shape index (κ1) is 19.8. The molecule has 0 unspecified atom stereocenters. The van der Waals surface area contributed by atoms with Gasteiger partial charge in [0.25, 0.3) is 10.0 Å². The summed E-state index contributed by atoms with van der Waals surface area (Å²) >= 11 is 7.62. The molecule has 2 aromatic carbocycles. The number of rotatable bonds is 5. The Labute approximate surface area is 177 Å². The van der Waals surface area contributed by atoms with Crippen molar-refractivity contribution in [3.63, 3.8) is 0 Å². The smallest absolute Gasteiger partial charge is 0.269 e. The van der Waals surface area contributed by atoms with Gasteiger partial charge >= 0.3 is 0 Å². The molecule has 0 saturated carbocycles. The van der Waals surface area contributed by atoms with E-state index in [1.807, 2.05) is 37.4 Å². The molecule has 0 spiro atoms. The molecule has 0 aliphatic carbocycles. The first-order valence-corrected chi connectivity index (χ1v) is 11.6. The number of halogens is 1. The van der Waals surface area contributed by atoms with Gasteiger partial charge in [0.1, 0.15) is 5.75 Å². The largest absolute Gasteiger partial charge is 0.437 e. The standard InChI is InChI=1S/C20H16ClN3O3S2/c1-13-7-9-14(10-8-13)29(25,26)24-12-11-15-18(24)22-20(21)23-19(15)27-16-5-3-4-6-17(16)28-2/h3-12H,1-2H3. The number of fused-ring (bicyclic) bond motifs is 1. The summed E-state index contributed by atoms with van der Waals surface area (Å²) in [5.74, 6) is 0.796. The molecule has 4 rings (SSSR count). The average molecular weight is 446 g/mol. The number of aromatic nitrogens is 3. The normalized spacial score (nSPS) is 11.7. The Hall–Kier alpha value is -2.55. The number of hydrogen-bond acceptors (Lipinski definition) is 6. The van der Waals surface area contributed by atoms with Gasteiger partial charge in [-0.25, -0.2) is 12.4 Å². The van der Waals surface area contributed by atoms with Crippen molar-refractivity contribution < 1.29 is 13.2 Å².